The van der Waals surface area contributed by atoms with Crippen LogP contribution in [0.3, 0.4) is 0 Å². The predicted octanol–water partition coefficient (Wildman–Crippen LogP) is 0.945. The highest BCUT2D eigenvalue weighted by atomic mass is 16.4. The Bertz CT molecular complexity index is 676. The Balaban J connectivity index is 2.68. The molecule has 1 aromatic carbocycles. The lowest BCUT2D eigenvalue weighted by atomic mass is 10.2. The number of nitrogens with zero attached hydrogens (tertiary/aromatic N) is 2. The van der Waals surface area contributed by atoms with Crippen molar-refractivity contribution in [2.45, 2.75) is 6.92 Å². The van der Waals surface area contributed by atoms with Gasteiger partial charge in [0, 0.05) is 6.07 Å². The van der Waals surface area contributed by atoms with Gasteiger partial charge < -0.3 is 10.2 Å². The Labute approximate surface area is 102 Å². The summed E-state index contributed by atoms with van der Waals surface area (Å²) in [5, 5.41) is 21.8. The topological polar surface area (TPSA) is 92.4 Å². The minimum Gasteiger partial charge on any atom is -0.505 e. The average Bonchev–Trinajstić information content (AvgIpc) is 2.28. The first-order valence-corrected chi connectivity index (χ1v) is 5.12. The second-order valence-electron chi connectivity index (χ2n) is 3.77. The number of hydrogen-bond acceptors (Lipinski definition) is 4. The molecule has 1 aromatic heterocycles. The van der Waals surface area contributed by atoms with Gasteiger partial charge in [-0.05, 0) is 24.6 Å². The van der Waals surface area contributed by atoms with E-state index in [0.717, 1.165) is 16.3 Å². The minimum absolute atomic E-state index is 0.447. The predicted molar refractivity (Wildman–Crippen MR) is 63.2 cm³/mol. The molecule has 6 heteroatoms. The molecule has 18 heavy (non-hydrogen) atoms. The Kier molecular flexibility index (Phi) is 2.85. The van der Waals surface area contributed by atoms with E-state index < -0.39 is 23.0 Å². The molecule has 0 fully saturated rings. The Morgan fingerprint density at radius 2 is 2.06 bits per heavy atom. The van der Waals surface area contributed by atoms with Crippen molar-refractivity contribution >= 4 is 5.97 Å². The van der Waals surface area contributed by atoms with Crippen LogP contribution in [0, 0.1) is 6.92 Å². The van der Waals surface area contributed by atoms with Crippen LogP contribution in [0.1, 0.15) is 16.1 Å². The molecule has 2 N–H and O–H groups in total. The molecule has 0 amide bonds. The Morgan fingerprint density at radius 1 is 1.33 bits per heavy atom. The van der Waals surface area contributed by atoms with Gasteiger partial charge in [0.1, 0.15) is 0 Å². The molecule has 0 atom stereocenters. The smallest absolute Gasteiger partial charge is 0.360 e. The standard InChI is InChI=1S/C12H10N2O4/c1-7-3-2-4-8(5-7)14-10(16)6-9(15)11(13-14)12(17)18/h2-6,15H,1H3,(H,17,18). The summed E-state index contributed by atoms with van der Waals surface area (Å²) >= 11 is 0. The number of hydrogen-bond donors (Lipinski definition) is 2. The van der Waals surface area contributed by atoms with Crippen molar-refractivity contribution in [3.63, 3.8) is 0 Å². The third-order valence-corrected chi connectivity index (χ3v) is 2.36. The summed E-state index contributed by atoms with van der Waals surface area (Å²) in [6, 6.07) is 7.72. The number of aromatic carboxylic acids is 1. The molecular weight excluding hydrogens is 236 g/mol. The summed E-state index contributed by atoms with van der Waals surface area (Å²) in [6.07, 6.45) is 0. The number of rotatable bonds is 2. The summed E-state index contributed by atoms with van der Waals surface area (Å²) in [6.45, 7) is 1.84. The van der Waals surface area contributed by atoms with E-state index >= 15 is 0 Å². The summed E-state index contributed by atoms with van der Waals surface area (Å²) in [5.74, 6) is -2.04. The van der Waals surface area contributed by atoms with Crippen LogP contribution in [-0.4, -0.2) is 26.0 Å². The maximum Gasteiger partial charge on any atom is 0.360 e. The molecule has 2 rings (SSSR count). The minimum atomic E-state index is -1.39. The van der Waals surface area contributed by atoms with Gasteiger partial charge >= 0.3 is 5.97 Å². The average molecular weight is 246 g/mol. The van der Waals surface area contributed by atoms with Crippen LogP contribution in [0.4, 0.5) is 0 Å². The first kappa shape index (κ1) is 11.8. The number of aromatic hydroxyl groups is 1. The zero-order valence-corrected chi connectivity index (χ0v) is 9.49. The van der Waals surface area contributed by atoms with Gasteiger partial charge in [0.15, 0.2) is 5.75 Å². The molecule has 0 aliphatic heterocycles. The highest BCUT2D eigenvalue weighted by Gasteiger charge is 2.15. The zero-order chi connectivity index (χ0) is 13.3. The van der Waals surface area contributed by atoms with E-state index in [0.29, 0.717) is 5.69 Å². The van der Waals surface area contributed by atoms with Crippen molar-refractivity contribution in [2.24, 2.45) is 0 Å². The zero-order valence-electron chi connectivity index (χ0n) is 9.49. The third kappa shape index (κ3) is 2.08. The number of benzene rings is 1. The van der Waals surface area contributed by atoms with Gasteiger partial charge in [-0.1, -0.05) is 12.1 Å². The van der Waals surface area contributed by atoms with Gasteiger partial charge in [0.05, 0.1) is 5.69 Å². The van der Waals surface area contributed by atoms with Crippen molar-refractivity contribution in [1.82, 2.24) is 9.78 Å². The highest BCUT2D eigenvalue weighted by molar-refractivity contribution is 5.88. The summed E-state index contributed by atoms with van der Waals surface area (Å²) in [5.41, 5.74) is 0.202. The van der Waals surface area contributed by atoms with Crippen LogP contribution < -0.4 is 5.56 Å². The van der Waals surface area contributed by atoms with Crippen LogP contribution in [0.5, 0.6) is 5.75 Å². The third-order valence-electron chi connectivity index (χ3n) is 2.36. The molecule has 0 bridgehead atoms. The number of carboxylic acid groups (broad SMARTS) is 1. The Morgan fingerprint density at radius 3 is 2.67 bits per heavy atom. The molecule has 6 nitrogen and oxygen atoms in total. The normalized spacial score (nSPS) is 10.3. The lowest BCUT2D eigenvalue weighted by Crippen LogP contribution is -2.23. The van der Waals surface area contributed by atoms with Gasteiger partial charge in [-0.2, -0.15) is 9.78 Å². The van der Waals surface area contributed by atoms with Gasteiger partial charge in [0.2, 0.25) is 5.69 Å². The van der Waals surface area contributed by atoms with E-state index in [-0.39, 0.29) is 0 Å². The molecule has 0 unspecified atom stereocenters. The van der Waals surface area contributed by atoms with E-state index in [9.17, 15) is 14.7 Å². The molecule has 92 valence electrons. The van der Waals surface area contributed by atoms with Crippen molar-refractivity contribution in [1.29, 1.82) is 0 Å². The van der Waals surface area contributed by atoms with Crippen LogP contribution in [0.25, 0.3) is 5.69 Å². The van der Waals surface area contributed by atoms with Crippen LogP contribution in [-0.2, 0) is 0 Å². The second kappa shape index (κ2) is 4.33. The van der Waals surface area contributed by atoms with Crippen LogP contribution in [0.15, 0.2) is 35.1 Å². The molecule has 1 heterocycles. The second-order valence-corrected chi connectivity index (χ2v) is 3.77. The fraction of sp³-hybridized carbons (Fsp3) is 0.0833. The summed E-state index contributed by atoms with van der Waals surface area (Å²) < 4.78 is 0.941. The van der Waals surface area contributed by atoms with E-state index in [4.69, 9.17) is 5.11 Å². The fourth-order valence-electron chi connectivity index (χ4n) is 1.54. The van der Waals surface area contributed by atoms with Crippen molar-refractivity contribution in [3.05, 3.63) is 51.9 Å². The fourth-order valence-corrected chi connectivity index (χ4v) is 1.54. The maximum atomic E-state index is 11.7. The largest absolute Gasteiger partial charge is 0.505 e. The molecule has 2 aromatic rings. The Hall–Kier alpha value is -2.63. The lowest BCUT2D eigenvalue weighted by Gasteiger charge is -2.06. The van der Waals surface area contributed by atoms with E-state index in [2.05, 4.69) is 5.10 Å². The summed E-state index contributed by atoms with van der Waals surface area (Å²) in [4.78, 5) is 22.5. The van der Waals surface area contributed by atoms with Crippen LogP contribution in [0.2, 0.25) is 0 Å². The molecular formula is C12H10N2O4. The number of aryl methyl sites for hydroxylation is 1. The first-order valence-electron chi connectivity index (χ1n) is 5.12. The SMILES string of the molecule is Cc1cccc(-n2nc(C(=O)O)c(O)cc2=O)c1. The van der Waals surface area contributed by atoms with Gasteiger partial charge in [-0.3, -0.25) is 4.79 Å². The monoisotopic (exact) mass is 246 g/mol. The summed E-state index contributed by atoms with van der Waals surface area (Å²) in [7, 11) is 0. The van der Waals surface area contributed by atoms with E-state index in [1.807, 2.05) is 13.0 Å². The molecule has 0 spiro atoms. The van der Waals surface area contributed by atoms with Crippen molar-refractivity contribution in [3.8, 4) is 11.4 Å². The molecule has 0 radical (unpaired) electrons. The molecule has 0 saturated heterocycles. The quantitative estimate of drug-likeness (QED) is 0.822. The molecule has 0 saturated carbocycles. The maximum absolute atomic E-state index is 11.7. The van der Waals surface area contributed by atoms with Crippen molar-refractivity contribution < 1.29 is 15.0 Å². The number of aromatic nitrogens is 2. The van der Waals surface area contributed by atoms with E-state index in [1.54, 1.807) is 18.2 Å². The van der Waals surface area contributed by atoms with Gasteiger partial charge in [-0.15, -0.1) is 0 Å². The first-order chi connectivity index (χ1) is 8.49. The lowest BCUT2D eigenvalue weighted by molar-refractivity contribution is 0.0684. The van der Waals surface area contributed by atoms with Crippen molar-refractivity contribution in [2.75, 3.05) is 0 Å². The van der Waals surface area contributed by atoms with E-state index in [1.165, 1.54) is 0 Å². The molecule has 0 aliphatic carbocycles. The van der Waals surface area contributed by atoms with Gasteiger partial charge in [0.25, 0.3) is 5.56 Å². The molecule has 0 aliphatic rings. The number of carbonyl (C=O) groups is 1. The highest BCUT2D eigenvalue weighted by Crippen LogP contribution is 2.13. The number of carboxylic acids is 1. The van der Waals surface area contributed by atoms with Crippen LogP contribution >= 0.6 is 0 Å². The van der Waals surface area contributed by atoms with Gasteiger partial charge in [-0.25, -0.2) is 4.79 Å².